The van der Waals surface area contributed by atoms with Gasteiger partial charge in [0, 0.05) is 6.20 Å². The Morgan fingerprint density at radius 2 is 2.36 bits per heavy atom. The van der Waals surface area contributed by atoms with Crippen LogP contribution in [0.25, 0.3) is 12.3 Å². The van der Waals surface area contributed by atoms with Gasteiger partial charge in [0.2, 0.25) is 0 Å². The molecule has 2 nitrogen and oxygen atoms in total. The Hall–Kier alpha value is -1.31. The quantitative estimate of drug-likeness (QED) is 0.571. The molecule has 0 aliphatic carbocycles. The van der Waals surface area contributed by atoms with Gasteiger partial charge in [-0.15, -0.1) is 0 Å². The van der Waals surface area contributed by atoms with E-state index in [0.717, 1.165) is 16.3 Å². The van der Waals surface area contributed by atoms with E-state index in [4.69, 9.17) is 4.74 Å². The molecule has 11 heavy (non-hydrogen) atoms. The zero-order chi connectivity index (χ0) is 8.27. The third-order valence-corrected chi connectivity index (χ3v) is 1.53. The highest BCUT2D eigenvalue weighted by Crippen LogP contribution is 1.84. The lowest BCUT2D eigenvalue weighted by Crippen LogP contribution is -2.28. The number of hydrogen-bond acceptors (Lipinski definition) is 2. The minimum absolute atomic E-state index is 0.801. The molecule has 0 bridgehead atoms. The summed E-state index contributed by atoms with van der Waals surface area (Å²) in [6.45, 7) is 5.70. The summed E-state index contributed by atoms with van der Waals surface area (Å²) in [5.74, 6) is 0.801. The number of ether oxygens (including phenoxy) is 1. The van der Waals surface area contributed by atoms with Crippen LogP contribution < -0.4 is 10.6 Å². The molecule has 2 heteroatoms. The summed E-state index contributed by atoms with van der Waals surface area (Å²) in [5, 5.41) is 1.72. The lowest BCUT2D eigenvalue weighted by Gasteiger charge is -1.96. The van der Waals surface area contributed by atoms with Gasteiger partial charge in [0.15, 0.2) is 0 Å². The average Bonchev–Trinajstić information content (AvgIpc) is 2.04. The van der Waals surface area contributed by atoms with Gasteiger partial charge in [0.05, 0.1) is 7.11 Å². The molecule has 1 rings (SSSR count). The third kappa shape index (κ3) is 1.58. The normalized spacial score (nSPS) is 12.5. The van der Waals surface area contributed by atoms with Crippen molar-refractivity contribution in [3.05, 3.63) is 28.9 Å². The molecule has 0 radical (unpaired) electrons. The first-order chi connectivity index (χ1) is 5.25. The zero-order valence-electron chi connectivity index (χ0n) is 6.79. The molecular weight excluding hydrogens is 138 g/mol. The van der Waals surface area contributed by atoms with Gasteiger partial charge in [-0.1, -0.05) is 12.6 Å². The summed E-state index contributed by atoms with van der Waals surface area (Å²) in [7, 11) is 1.63. The fraction of sp³-hybridized carbons (Fsp3) is 0.222. The molecule has 58 valence electrons. The molecule has 1 aromatic heterocycles. The van der Waals surface area contributed by atoms with Crippen LogP contribution in [0.4, 0.5) is 0 Å². The van der Waals surface area contributed by atoms with Crippen molar-refractivity contribution in [3.63, 3.8) is 0 Å². The SMILES string of the molecule is C=c1cccn/c1=C(/C)OC. The van der Waals surface area contributed by atoms with E-state index in [1.54, 1.807) is 13.3 Å². The molecule has 0 fully saturated rings. The van der Waals surface area contributed by atoms with Crippen molar-refractivity contribution >= 4 is 12.3 Å². The van der Waals surface area contributed by atoms with Crippen LogP contribution in [0.15, 0.2) is 18.3 Å². The molecule has 0 aromatic carbocycles. The second kappa shape index (κ2) is 3.19. The van der Waals surface area contributed by atoms with Gasteiger partial charge < -0.3 is 4.74 Å². The van der Waals surface area contributed by atoms with Crippen LogP contribution in [-0.4, -0.2) is 12.1 Å². The van der Waals surface area contributed by atoms with E-state index < -0.39 is 0 Å². The fourth-order valence-electron chi connectivity index (χ4n) is 0.852. The number of pyridine rings is 1. The highest BCUT2D eigenvalue weighted by Gasteiger charge is 1.88. The van der Waals surface area contributed by atoms with E-state index >= 15 is 0 Å². The van der Waals surface area contributed by atoms with Gasteiger partial charge in [-0.3, -0.25) is 4.98 Å². The number of rotatable bonds is 1. The first-order valence-electron chi connectivity index (χ1n) is 3.40. The average molecular weight is 149 g/mol. The summed E-state index contributed by atoms with van der Waals surface area (Å²) in [6.07, 6.45) is 1.73. The summed E-state index contributed by atoms with van der Waals surface area (Å²) >= 11 is 0. The monoisotopic (exact) mass is 149 g/mol. The molecule has 0 unspecified atom stereocenters. The van der Waals surface area contributed by atoms with Crippen LogP contribution in [0.1, 0.15) is 6.92 Å². The Labute approximate surface area is 65.8 Å². The van der Waals surface area contributed by atoms with Crippen LogP contribution in [0.5, 0.6) is 0 Å². The van der Waals surface area contributed by atoms with Crippen molar-refractivity contribution in [3.8, 4) is 0 Å². The lowest BCUT2D eigenvalue weighted by atomic mass is 10.3. The largest absolute Gasteiger partial charge is 0.499 e. The summed E-state index contributed by atoms with van der Waals surface area (Å²) in [6, 6.07) is 3.76. The van der Waals surface area contributed by atoms with E-state index in [9.17, 15) is 0 Å². The smallest absolute Gasteiger partial charge is 0.119 e. The zero-order valence-corrected chi connectivity index (χ0v) is 6.79. The molecule has 0 saturated carbocycles. The number of nitrogens with zero attached hydrogens (tertiary/aromatic N) is 1. The van der Waals surface area contributed by atoms with Crippen LogP contribution >= 0.6 is 0 Å². The van der Waals surface area contributed by atoms with E-state index in [1.807, 2.05) is 19.1 Å². The topological polar surface area (TPSA) is 22.1 Å². The Balaban J connectivity index is 3.46. The standard InChI is InChI=1S/C9H11NO/c1-7-5-4-6-10-9(7)8(2)11-3/h4-6H,1H2,2-3H3/b9-8-. The molecular formula is C9H11NO. The van der Waals surface area contributed by atoms with Gasteiger partial charge in [-0.05, 0) is 18.2 Å². The number of methoxy groups -OCH3 is 1. The summed E-state index contributed by atoms with van der Waals surface area (Å²) in [4.78, 5) is 4.12. The van der Waals surface area contributed by atoms with E-state index in [2.05, 4.69) is 11.6 Å². The van der Waals surface area contributed by atoms with Crippen molar-refractivity contribution < 1.29 is 4.74 Å². The molecule has 0 spiro atoms. The van der Waals surface area contributed by atoms with Crippen molar-refractivity contribution in [2.75, 3.05) is 7.11 Å². The molecule has 0 N–H and O–H groups in total. The molecule has 0 aliphatic rings. The fourth-order valence-corrected chi connectivity index (χ4v) is 0.852. The number of aromatic nitrogens is 1. The van der Waals surface area contributed by atoms with Crippen LogP contribution in [0.2, 0.25) is 0 Å². The summed E-state index contributed by atoms with van der Waals surface area (Å²) in [5.41, 5.74) is 0. The Morgan fingerprint density at radius 3 is 2.91 bits per heavy atom. The predicted molar refractivity (Wildman–Crippen MR) is 45.1 cm³/mol. The maximum atomic E-state index is 5.03. The lowest BCUT2D eigenvalue weighted by molar-refractivity contribution is 0.359. The van der Waals surface area contributed by atoms with Gasteiger partial charge in [0.25, 0.3) is 0 Å². The maximum Gasteiger partial charge on any atom is 0.119 e. The molecule has 1 aromatic rings. The minimum atomic E-state index is 0.801. The Morgan fingerprint density at radius 1 is 1.64 bits per heavy atom. The van der Waals surface area contributed by atoms with Gasteiger partial charge >= 0.3 is 0 Å². The van der Waals surface area contributed by atoms with Crippen LogP contribution in [0.3, 0.4) is 0 Å². The van der Waals surface area contributed by atoms with E-state index in [0.29, 0.717) is 0 Å². The first-order valence-corrected chi connectivity index (χ1v) is 3.40. The van der Waals surface area contributed by atoms with Crippen molar-refractivity contribution in [1.29, 1.82) is 0 Å². The molecule has 0 aliphatic heterocycles. The second-order valence-corrected chi connectivity index (χ2v) is 2.27. The molecule has 0 atom stereocenters. The molecule has 0 amide bonds. The van der Waals surface area contributed by atoms with Crippen molar-refractivity contribution in [2.45, 2.75) is 6.92 Å². The van der Waals surface area contributed by atoms with Gasteiger partial charge in [0.1, 0.15) is 11.1 Å². The maximum absolute atomic E-state index is 5.03. The van der Waals surface area contributed by atoms with Crippen LogP contribution in [-0.2, 0) is 4.74 Å². The highest BCUT2D eigenvalue weighted by molar-refractivity contribution is 5.30. The summed E-state index contributed by atoms with van der Waals surface area (Å²) < 4.78 is 5.03. The minimum Gasteiger partial charge on any atom is -0.499 e. The number of hydrogen-bond donors (Lipinski definition) is 0. The second-order valence-electron chi connectivity index (χ2n) is 2.27. The van der Waals surface area contributed by atoms with Crippen molar-refractivity contribution in [2.24, 2.45) is 0 Å². The van der Waals surface area contributed by atoms with Crippen LogP contribution in [0, 0.1) is 0 Å². The highest BCUT2D eigenvalue weighted by atomic mass is 16.5. The van der Waals surface area contributed by atoms with Crippen molar-refractivity contribution in [1.82, 2.24) is 4.98 Å². The van der Waals surface area contributed by atoms with E-state index in [1.165, 1.54) is 0 Å². The Bertz CT molecular complexity index is 343. The van der Waals surface area contributed by atoms with Gasteiger partial charge in [-0.2, -0.15) is 0 Å². The first kappa shape index (κ1) is 7.79. The van der Waals surface area contributed by atoms with E-state index in [-0.39, 0.29) is 0 Å². The molecule has 1 heterocycles. The third-order valence-electron chi connectivity index (χ3n) is 1.53. The Kier molecular flexibility index (Phi) is 2.26. The molecule has 0 saturated heterocycles. The van der Waals surface area contributed by atoms with Gasteiger partial charge in [-0.25, -0.2) is 0 Å². The predicted octanol–water partition coefficient (Wildman–Crippen LogP) is 0.266.